The van der Waals surface area contributed by atoms with E-state index in [1.807, 2.05) is 0 Å². The molecule has 1 saturated heterocycles. The van der Waals surface area contributed by atoms with E-state index in [1.165, 1.54) is 7.11 Å². The zero-order valence-electron chi connectivity index (χ0n) is 9.25. The van der Waals surface area contributed by atoms with Gasteiger partial charge in [-0.1, -0.05) is 0 Å². The lowest BCUT2D eigenvalue weighted by Crippen LogP contribution is -2.54. The van der Waals surface area contributed by atoms with Gasteiger partial charge in [-0.3, -0.25) is 9.69 Å². The lowest BCUT2D eigenvalue weighted by Gasteiger charge is -2.38. The van der Waals surface area contributed by atoms with Crippen LogP contribution in [0.3, 0.4) is 0 Å². The van der Waals surface area contributed by atoms with E-state index < -0.39 is 0 Å². The minimum atomic E-state index is -0.121. The molecule has 0 spiro atoms. The Morgan fingerprint density at radius 2 is 2.36 bits per heavy atom. The molecule has 1 aliphatic rings. The third kappa shape index (κ3) is 2.96. The molecular formula is C10H20N2O2. The Labute approximate surface area is 85.6 Å². The zero-order valence-corrected chi connectivity index (χ0v) is 9.25. The summed E-state index contributed by atoms with van der Waals surface area (Å²) in [5.74, 6) is -0.121. The number of nitrogens with one attached hydrogen (secondary N) is 1. The molecule has 0 bridgehead atoms. The Kier molecular flexibility index (Phi) is 4.35. The second-order valence-corrected chi connectivity index (χ2v) is 3.97. The fraction of sp³-hybridized carbons (Fsp3) is 0.900. The van der Waals surface area contributed by atoms with Gasteiger partial charge in [0.1, 0.15) is 0 Å². The van der Waals surface area contributed by atoms with Crippen molar-refractivity contribution in [2.45, 2.75) is 32.4 Å². The Hall–Kier alpha value is -0.610. The number of ether oxygens (including phenoxy) is 1. The van der Waals surface area contributed by atoms with Crippen molar-refractivity contribution in [2.75, 3.05) is 26.7 Å². The molecule has 1 aliphatic heterocycles. The summed E-state index contributed by atoms with van der Waals surface area (Å²) in [7, 11) is 1.44. The number of piperazine rings is 1. The van der Waals surface area contributed by atoms with Gasteiger partial charge in [-0.25, -0.2) is 0 Å². The van der Waals surface area contributed by atoms with Gasteiger partial charge in [0.15, 0.2) is 0 Å². The zero-order chi connectivity index (χ0) is 10.6. The number of carbonyl (C=O) groups excluding carboxylic acids is 1. The highest BCUT2D eigenvalue weighted by Crippen LogP contribution is 2.11. The minimum absolute atomic E-state index is 0.121. The summed E-state index contributed by atoms with van der Waals surface area (Å²) in [5, 5.41) is 3.30. The second kappa shape index (κ2) is 5.32. The van der Waals surface area contributed by atoms with Gasteiger partial charge >= 0.3 is 5.97 Å². The molecule has 0 amide bonds. The molecule has 0 aromatic carbocycles. The van der Waals surface area contributed by atoms with E-state index in [2.05, 4.69) is 28.8 Å². The molecule has 1 atom stereocenters. The number of rotatable bonds is 3. The monoisotopic (exact) mass is 200 g/mol. The van der Waals surface area contributed by atoms with Crippen molar-refractivity contribution in [2.24, 2.45) is 0 Å². The Morgan fingerprint density at radius 1 is 1.64 bits per heavy atom. The number of esters is 1. The van der Waals surface area contributed by atoms with Crippen molar-refractivity contribution in [3.8, 4) is 0 Å². The van der Waals surface area contributed by atoms with Gasteiger partial charge < -0.3 is 10.1 Å². The lowest BCUT2D eigenvalue weighted by atomic mass is 10.1. The summed E-state index contributed by atoms with van der Waals surface area (Å²) >= 11 is 0. The van der Waals surface area contributed by atoms with Crippen LogP contribution < -0.4 is 5.32 Å². The van der Waals surface area contributed by atoms with E-state index in [9.17, 15) is 4.79 Å². The summed E-state index contributed by atoms with van der Waals surface area (Å²) in [6, 6.07) is 0.781. The third-order valence-electron chi connectivity index (χ3n) is 2.69. The van der Waals surface area contributed by atoms with Crippen LogP contribution in [0.1, 0.15) is 20.3 Å². The van der Waals surface area contributed by atoms with Crippen molar-refractivity contribution in [1.29, 1.82) is 0 Å². The number of hydrogen-bond donors (Lipinski definition) is 1. The molecule has 0 aromatic rings. The lowest BCUT2D eigenvalue weighted by molar-refractivity contribution is -0.142. The van der Waals surface area contributed by atoms with E-state index >= 15 is 0 Å². The summed E-state index contributed by atoms with van der Waals surface area (Å²) in [5.41, 5.74) is 0. The first kappa shape index (κ1) is 11.5. The van der Waals surface area contributed by atoms with E-state index in [4.69, 9.17) is 0 Å². The first-order valence-electron chi connectivity index (χ1n) is 5.18. The highest BCUT2D eigenvalue weighted by Gasteiger charge is 2.26. The Bertz CT molecular complexity index is 195. The van der Waals surface area contributed by atoms with E-state index in [1.54, 1.807) is 0 Å². The van der Waals surface area contributed by atoms with Gasteiger partial charge in [0.2, 0.25) is 0 Å². The van der Waals surface area contributed by atoms with E-state index in [-0.39, 0.29) is 12.0 Å². The molecule has 1 fully saturated rings. The van der Waals surface area contributed by atoms with Crippen LogP contribution in [0.25, 0.3) is 0 Å². The standard InChI is InChI=1S/C10H20N2O2/c1-8(2)12-5-4-11-7-9(12)6-10(13)14-3/h8-9,11H,4-7H2,1-3H3. The first-order valence-corrected chi connectivity index (χ1v) is 5.18. The molecule has 1 N–H and O–H groups in total. The first-order chi connectivity index (χ1) is 6.65. The van der Waals surface area contributed by atoms with Crippen molar-refractivity contribution < 1.29 is 9.53 Å². The van der Waals surface area contributed by atoms with Gasteiger partial charge in [-0.2, -0.15) is 0 Å². The van der Waals surface area contributed by atoms with Crippen molar-refractivity contribution in [3.63, 3.8) is 0 Å². The molecule has 0 aliphatic carbocycles. The predicted octanol–water partition coefficient (Wildman–Crippen LogP) is 0.232. The van der Waals surface area contributed by atoms with Crippen LogP contribution in [0.2, 0.25) is 0 Å². The minimum Gasteiger partial charge on any atom is -0.469 e. The molecule has 0 aromatic heterocycles. The molecule has 1 heterocycles. The molecule has 4 nitrogen and oxygen atoms in total. The van der Waals surface area contributed by atoms with Gasteiger partial charge in [0.25, 0.3) is 0 Å². The van der Waals surface area contributed by atoms with Gasteiger partial charge in [-0.05, 0) is 13.8 Å². The number of hydrogen-bond acceptors (Lipinski definition) is 4. The van der Waals surface area contributed by atoms with Crippen LogP contribution in [0.15, 0.2) is 0 Å². The van der Waals surface area contributed by atoms with Crippen molar-refractivity contribution >= 4 is 5.97 Å². The van der Waals surface area contributed by atoms with Crippen LogP contribution in [-0.2, 0) is 9.53 Å². The quantitative estimate of drug-likeness (QED) is 0.662. The molecule has 14 heavy (non-hydrogen) atoms. The number of nitrogens with zero attached hydrogens (tertiary/aromatic N) is 1. The SMILES string of the molecule is COC(=O)CC1CNCCN1C(C)C. The normalized spacial score (nSPS) is 23.9. The fourth-order valence-corrected chi connectivity index (χ4v) is 1.92. The summed E-state index contributed by atoms with van der Waals surface area (Å²) < 4.78 is 4.69. The van der Waals surface area contributed by atoms with Crippen LogP contribution in [0.5, 0.6) is 0 Å². The van der Waals surface area contributed by atoms with Crippen LogP contribution in [-0.4, -0.2) is 49.7 Å². The highest BCUT2D eigenvalue weighted by atomic mass is 16.5. The van der Waals surface area contributed by atoms with Crippen LogP contribution >= 0.6 is 0 Å². The van der Waals surface area contributed by atoms with Crippen molar-refractivity contribution in [3.05, 3.63) is 0 Å². The van der Waals surface area contributed by atoms with Gasteiger partial charge in [0.05, 0.1) is 13.5 Å². The predicted molar refractivity (Wildman–Crippen MR) is 55.1 cm³/mol. The van der Waals surface area contributed by atoms with Gasteiger partial charge in [0, 0.05) is 31.7 Å². The second-order valence-electron chi connectivity index (χ2n) is 3.97. The Morgan fingerprint density at radius 3 is 2.93 bits per heavy atom. The van der Waals surface area contributed by atoms with Crippen LogP contribution in [0.4, 0.5) is 0 Å². The average Bonchev–Trinajstić information content (AvgIpc) is 2.18. The molecule has 4 heteroatoms. The summed E-state index contributed by atoms with van der Waals surface area (Å²) in [6.07, 6.45) is 0.488. The number of methoxy groups -OCH3 is 1. The molecule has 1 rings (SSSR count). The maximum absolute atomic E-state index is 11.2. The topological polar surface area (TPSA) is 41.6 Å². The summed E-state index contributed by atoms with van der Waals surface area (Å²) in [6.45, 7) is 7.23. The number of carbonyl (C=O) groups is 1. The maximum Gasteiger partial charge on any atom is 0.307 e. The average molecular weight is 200 g/mol. The molecule has 1 unspecified atom stereocenters. The smallest absolute Gasteiger partial charge is 0.307 e. The maximum atomic E-state index is 11.2. The molecule has 0 radical (unpaired) electrons. The largest absolute Gasteiger partial charge is 0.469 e. The molecule has 0 saturated carbocycles. The van der Waals surface area contributed by atoms with E-state index in [0.717, 1.165) is 19.6 Å². The van der Waals surface area contributed by atoms with E-state index in [0.29, 0.717) is 12.5 Å². The molecule has 82 valence electrons. The van der Waals surface area contributed by atoms with Crippen LogP contribution in [0, 0.1) is 0 Å². The van der Waals surface area contributed by atoms with Gasteiger partial charge in [-0.15, -0.1) is 0 Å². The molecular weight excluding hydrogens is 180 g/mol. The fourth-order valence-electron chi connectivity index (χ4n) is 1.92. The highest BCUT2D eigenvalue weighted by molar-refractivity contribution is 5.70. The summed E-state index contributed by atoms with van der Waals surface area (Å²) in [4.78, 5) is 13.5. The third-order valence-corrected chi connectivity index (χ3v) is 2.69. The van der Waals surface area contributed by atoms with Crippen molar-refractivity contribution in [1.82, 2.24) is 10.2 Å². The Balaban J connectivity index is 2.49.